The Kier molecular flexibility index (Phi) is 4.22. The predicted molar refractivity (Wildman–Crippen MR) is 99.6 cm³/mol. The summed E-state index contributed by atoms with van der Waals surface area (Å²) < 4.78 is 55.6. The molecular formula is C20H19F4N5. The Balaban J connectivity index is 1.60. The molecule has 3 aromatic rings. The van der Waals surface area contributed by atoms with E-state index in [1.165, 1.54) is 31.6 Å². The minimum atomic E-state index is -4.75. The molecule has 2 bridgehead atoms. The maximum atomic E-state index is 14.7. The number of hydrogen-bond acceptors (Lipinski definition) is 4. The van der Waals surface area contributed by atoms with Gasteiger partial charge in [0, 0.05) is 29.4 Å². The maximum Gasteiger partial charge on any atom is 0.418 e. The van der Waals surface area contributed by atoms with Gasteiger partial charge in [0.15, 0.2) is 11.6 Å². The van der Waals surface area contributed by atoms with E-state index >= 15 is 0 Å². The zero-order valence-corrected chi connectivity index (χ0v) is 15.4. The Morgan fingerprint density at radius 1 is 1.14 bits per heavy atom. The summed E-state index contributed by atoms with van der Waals surface area (Å²) in [4.78, 5) is 14.9. The van der Waals surface area contributed by atoms with Crippen LogP contribution in [0.25, 0.3) is 22.3 Å². The van der Waals surface area contributed by atoms with Gasteiger partial charge in [-0.05, 0) is 37.2 Å². The van der Waals surface area contributed by atoms with Crippen molar-refractivity contribution >= 4 is 16.9 Å². The molecule has 0 spiro atoms. The summed E-state index contributed by atoms with van der Waals surface area (Å²) in [5.74, 6) is -0.107. The molecule has 0 aliphatic heterocycles. The van der Waals surface area contributed by atoms with Crippen molar-refractivity contribution in [1.82, 2.24) is 19.9 Å². The Labute approximate surface area is 164 Å². The smallest absolute Gasteiger partial charge is 0.365 e. The van der Waals surface area contributed by atoms with E-state index in [2.05, 4.69) is 25.3 Å². The third kappa shape index (κ3) is 3.22. The van der Waals surface area contributed by atoms with Gasteiger partial charge >= 0.3 is 6.18 Å². The monoisotopic (exact) mass is 405 g/mol. The Hall–Kier alpha value is -2.71. The van der Waals surface area contributed by atoms with Crippen molar-refractivity contribution < 1.29 is 17.6 Å². The molecule has 1 unspecified atom stereocenters. The van der Waals surface area contributed by atoms with E-state index in [9.17, 15) is 17.6 Å². The zero-order chi connectivity index (χ0) is 20.2. The Morgan fingerprint density at radius 2 is 1.93 bits per heavy atom. The molecule has 9 heteroatoms. The topological polar surface area (TPSA) is 66.5 Å². The number of H-pyrrole nitrogens is 1. The molecule has 3 aliphatic carbocycles. The van der Waals surface area contributed by atoms with Gasteiger partial charge in [-0.1, -0.05) is 12.8 Å². The van der Waals surface area contributed by atoms with Crippen LogP contribution in [-0.2, 0) is 6.18 Å². The Morgan fingerprint density at radius 3 is 2.62 bits per heavy atom. The lowest BCUT2D eigenvalue weighted by atomic mass is 9.68. The summed E-state index contributed by atoms with van der Waals surface area (Å²) in [6, 6.07) is 0.578. The second-order valence-electron chi connectivity index (χ2n) is 7.97. The van der Waals surface area contributed by atoms with Gasteiger partial charge in [0.25, 0.3) is 0 Å². The van der Waals surface area contributed by atoms with Gasteiger partial charge in [-0.25, -0.2) is 19.3 Å². The number of fused-ring (bicyclic) bond motifs is 4. The van der Waals surface area contributed by atoms with Crippen LogP contribution in [0.5, 0.6) is 0 Å². The molecule has 3 aliphatic rings. The maximum absolute atomic E-state index is 14.7. The second-order valence-corrected chi connectivity index (χ2v) is 7.97. The van der Waals surface area contributed by atoms with Gasteiger partial charge in [-0.2, -0.15) is 13.2 Å². The number of nitrogens with zero attached hydrogens (tertiary/aromatic N) is 3. The van der Waals surface area contributed by atoms with Crippen LogP contribution >= 0.6 is 0 Å². The molecular weight excluding hydrogens is 386 g/mol. The average molecular weight is 405 g/mol. The molecule has 0 radical (unpaired) electrons. The lowest BCUT2D eigenvalue weighted by molar-refractivity contribution is -0.137. The SMILES string of the molecule is Fc1cc(C(F)(F)F)c(-c2c[nH]c3ncncc23)nc1NC1CC2CCC1CC2. The van der Waals surface area contributed by atoms with Crippen LogP contribution in [0.1, 0.15) is 37.7 Å². The molecule has 2 N–H and O–H groups in total. The minimum absolute atomic E-state index is 0.0420. The van der Waals surface area contributed by atoms with E-state index in [0.29, 0.717) is 28.9 Å². The first-order valence-corrected chi connectivity index (χ1v) is 9.72. The Bertz CT molecular complexity index is 1050. The summed E-state index contributed by atoms with van der Waals surface area (Å²) in [7, 11) is 0. The highest BCUT2D eigenvalue weighted by atomic mass is 19.4. The van der Waals surface area contributed by atoms with Crippen LogP contribution in [0.15, 0.2) is 24.8 Å². The van der Waals surface area contributed by atoms with E-state index in [1.54, 1.807) is 0 Å². The fraction of sp³-hybridized carbons (Fsp3) is 0.450. The molecule has 3 fully saturated rings. The molecule has 0 amide bonds. The van der Waals surface area contributed by atoms with Crippen molar-refractivity contribution in [2.75, 3.05) is 5.32 Å². The van der Waals surface area contributed by atoms with Crippen LogP contribution in [0.3, 0.4) is 0 Å². The third-order valence-corrected chi connectivity index (χ3v) is 6.26. The fourth-order valence-electron chi connectivity index (χ4n) is 4.80. The molecule has 29 heavy (non-hydrogen) atoms. The first kappa shape index (κ1) is 18.3. The lowest BCUT2D eigenvalue weighted by Gasteiger charge is -2.42. The highest BCUT2D eigenvalue weighted by molar-refractivity contribution is 5.93. The molecule has 6 rings (SSSR count). The van der Waals surface area contributed by atoms with E-state index in [1.807, 2.05) is 0 Å². The number of rotatable bonds is 3. The molecule has 0 saturated heterocycles. The van der Waals surface area contributed by atoms with Gasteiger partial charge in [0.1, 0.15) is 12.0 Å². The van der Waals surface area contributed by atoms with E-state index in [4.69, 9.17) is 0 Å². The molecule has 3 saturated carbocycles. The van der Waals surface area contributed by atoms with Crippen molar-refractivity contribution in [2.24, 2.45) is 11.8 Å². The van der Waals surface area contributed by atoms with Crippen LogP contribution in [0, 0.1) is 17.7 Å². The summed E-state index contributed by atoms with van der Waals surface area (Å²) in [5.41, 5.74) is -0.853. The standard InChI is InChI=1S/C20H19F4N5/c21-15-6-14(20(22,23)24)17(12-8-26-18-13(12)7-25-9-27-18)29-19(15)28-16-5-10-1-3-11(16)4-2-10/h6-11,16H,1-5H2,(H,28,29)(H,25,26,27). The molecule has 3 heterocycles. The first-order valence-electron chi connectivity index (χ1n) is 9.72. The van der Waals surface area contributed by atoms with Gasteiger partial charge in [-0.15, -0.1) is 0 Å². The van der Waals surface area contributed by atoms with Crippen molar-refractivity contribution in [1.29, 1.82) is 0 Å². The minimum Gasteiger partial charge on any atom is -0.365 e. The number of halogens is 4. The number of pyridine rings is 1. The number of aromatic nitrogens is 4. The molecule has 1 atom stereocenters. The van der Waals surface area contributed by atoms with Gasteiger partial charge in [0.2, 0.25) is 0 Å². The number of aromatic amines is 1. The normalized spacial score (nSPS) is 24.2. The number of alkyl halides is 3. The quantitative estimate of drug-likeness (QED) is 0.590. The van der Waals surface area contributed by atoms with Crippen molar-refractivity contribution in [3.05, 3.63) is 36.2 Å². The van der Waals surface area contributed by atoms with E-state index in [-0.39, 0.29) is 23.1 Å². The molecule has 5 nitrogen and oxygen atoms in total. The number of anilines is 1. The van der Waals surface area contributed by atoms with Gasteiger partial charge in [0.05, 0.1) is 11.3 Å². The van der Waals surface area contributed by atoms with Crippen LogP contribution in [0.4, 0.5) is 23.4 Å². The van der Waals surface area contributed by atoms with E-state index < -0.39 is 17.6 Å². The van der Waals surface area contributed by atoms with Gasteiger partial charge < -0.3 is 10.3 Å². The summed E-state index contributed by atoms with van der Waals surface area (Å²) >= 11 is 0. The second kappa shape index (κ2) is 6.67. The fourth-order valence-corrected chi connectivity index (χ4v) is 4.80. The summed E-state index contributed by atoms with van der Waals surface area (Å²) in [5, 5.41) is 3.52. The lowest BCUT2D eigenvalue weighted by Crippen LogP contribution is -2.40. The van der Waals surface area contributed by atoms with Crippen molar-refractivity contribution in [3.63, 3.8) is 0 Å². The summed E-state index contributed by atoms with van der Waals surface area (Å²) in [6.45, 7) is 0. The molecule has 152 valence electrons. The largest absolute Gasteiger partial charge is 0.418 e. The van der Waals surface area contributed by atoms with Gasteiger partial charge in [-0.3, -0.25) is 0 Å². The molecule has 3 aromatic heterocycles. The van der Waals surface area contributed by atoms with Crippen molar-refractivity contribution in [3.8, 4) is 11.3 Å². The number of nitrogens with one attached hydrogen (secondary N) is 2. The van der Waals surface area contributed by atoms with E-state index in [0.717, 1.165) is 19.3 Å². The third-order valence-electron chi connectivity index (χ3n) is 6.26. The average Bonchev–Trinajstić information content (AvgIpc) is 3.13. The number of hydrogen-bond donors (Lipinski definition) is 2. The predicted octanol–water partition coefficient (Wildman–Crippen LogP) is 5.17. The zero-order valence-electron chi connectivity index (χ0n) is 15.4. The molecule has 0 aromatic carbocycles. The van der Waals surface area contributed by atoms with Crippen LogP contribution in [-0.4, -0.2) is 26.0 Å². The van der Waals surface area contributed by atoms with Crippen molar-refractivity contribution in [2.45, 2.75) is 44.3 Å². The van der Waals surface area contributed by atoms with Crippen LogP contribution < -0.4 is 5.32 Å². The first-order chi connectivity index (χ1) is 13.9. The highest BCUT2D eigenvalue weighted by Gasteiger charge is 2.39. The summed E-state index contributed by atoms with van der Waals surface area (Å²) in [6.07, 6.45) is 4.77. The van der Waals surface area contributed by atoms with Crippen LogP contribution in [0.2, 0.25) is 0 Å². The highest BCUT2D eigenvalue weighted by Crippen LogP contribution is 2.44.